The van der Waals surface area contributed by atoms with Crippen molar-refractivity contribution in [1.82, 2.24) is 9.97 Å². The van der Waals surface area contributed by atoms with Gasteiger partial charge in [0.05, 0.1) is 18.4 Å². The fourth-order valence-corrected chi connectivity index (χ4v) is 3.25. The largest absolute Gasteiger partial charge is 0.496 e. The molecular weight excluding hydrogens is 417 g/mol. The average Bonchev–Trinajstić information content (AvgIpc) is 3.28. The number of halogens is 3. The summed E-state index contributed by atoms with van der Waals surface area (Å²) in [4.78, 5) is 7.54. The minimum atomic E-state index is -4.37. The van der Waals surface area contributed by atoms with Crippen LogP contribution in [-0.4, -0.2) is 17.1 Å². The number of methoxy groups -OCH3 is 1. The van der Waals surface area contributed by atoms with Gasteiger partial charge in [0.25, 0.3) is 0 Å². The van der Waals surface area contributed by atoms with Gasteiger partial charge in [-0.1, -0.05) is 42.0 Å². The SMILES string of the molecule is COc1cc(OCc2ccc(C)cc2)ccc1-c1c[nH]c(-c2ccc(C(F)(F)F)cc2)n1. The van der Waals surface area contributed by atoms with Crippen LogP contribution in [0.4, 0.5) is 13.2 Å². The molecule has 0 amide bonds. The second-order valence-electron chi connectivity index (χ2n) is 7.35. The molecule has 0 bridgehead atoms. The molecule has 0 aliphatic carbocycles. The molecule has 0 unspecified atom stereocenters. The van der Waals surface area contributed by atoms with Crippen LogP contribution in [0.25, 0.3) is 22.6 Å². The van der Waals surface area contributed by atoms with Crippen LogP contribution in [0.15, 0.2) is 72.9 Å². The molecular formula is C25H21F3N2O2. The van der Waals surface area contributed by atoms with Gasteiger partial charge in [0, 0.05) is 23.4 Å². The first-order valence-electron chi connectivity index (χ1n) is 9.93. The topological polar surface area (TPSA) is 47.1 Å². The van der Waals surface area contributed by atoms with Crippen LogP contribution in [-0.2, 0) is 12.8 Å². The molecule has 0 saturated heterocycles. The Balaban J connectivity index is 1.52. The molecule has 0 radical (unpaired) electrons. The molecule has 1 N–H and O–H groups in total. The summed E-state index contributed by atoms with van der Waals surface area (Å²) in [6.45, 7) is 2.47. The first-order chi connectivity index (χ1) is 15.3. The highest BCUT2D eigenvalue weighted by molar-refractivity contribution is 5.71. The predicted octanol–water partition coefficient (Wildman–Crippen LogP) is 6.66. The van der Waals surface area contributed by atoms with E-state index < -0.39 is 11.7 Å². The summed E-state index contributed by atoms with van der Waals surface area (Å²) in [7, 11) is 1.56. The van der Waals surface area contributed by atoms with E-state index >= 15 is 0 Å². The van der Waals surface area contributed by atoms with Gasteiger partial charge in [-0.3, -0.25) is 0 Å². The van der Waals surface area contributed by atoms with Crippen LogP contribution in [0.3, 0.4) is 0 Å². The molecule has 0 aliphatic heterocycles. The standard InChI is InChI=1S/C25H21F3N2O2/c1-16-3-5-17(6-4-16)15-32-20-11-12-21(23(13-20)31-2)22-14-29-24(30-22)18-7-9-19(10-8-18)25(26,27)28/h3-14H,15H2,1-2H3,(H,29,30). The van der Waals surface area contributed by atoms with Crippen LogP contribution in [0.5, 0.6) is 11.5 Å². The van der Waals surface area contributed by atoms with Crippen molar-refractivity contribution >= 4 is 0 Å². The van der Waals surface area contributed by atoms with Gasteiger partial charge in [-0.25, -0.2) is 4.98 Å². The van der Waals surface area contributed by atoms with Crippen molar-refractivity contribution in [3.63, 3.8) is 0 Å². The first-order valence-corrected chi connectivity index (χ1v) is 9.93. The number of nitrogens with zero attached hydrogens (tertiary/aromatic N) is 1. The summed E-state index contributed by atoms with van der Waals surface area (Å²) >= 11 is 0. The number of H-pyrrole nitrogens is 1. The van der Waals surface area contributed by atoms with Gasteiger partial charge in [-0.2, -0.15) is 13.2 Å². The van der Waals surface area contributed by atoms with Crippen molar-refractivity contribution in [1.29, 1.82) is 0 Å². The van der Waals surface area contributed by atoms with Crippen molar-refractivity contribution in [2.45, 2.75) is 19.7 Å². The number of rotatable bonds is 6. The molecule has 0 spiro atoms. The second-order valence-corrected chi connectivity index (χ2v) is 7.35. The lowest BCUT2D eigenvalue weighted by molar-refractivity contribution is -0.137. The zero-order chi connectivity index (χ0) is 22.7. The highest BCUT2D eigenvalue weighted by Crippen LogP contribution is 2.34. The van der Waals surface area contributed by atoms with Gasteiger partial charge in [0.2, 0.25) is 0 Å². The predicted molar refractivity (Wildman–Crippen MR) is 117 cm³/mol. The minimum absolute atomic E-state index is 0.434. The van der Waals surface area contributed by atoms with Gasteiger partial charge >= 0.3 is 6.18 Å². The van der Waals surface area contributed by atoms with Crippen molar-refractivity contribution < 1.29 is 22.6 Å². The first kappa shape index (κ1) is 21.5. The number of ether oxygens (including phenoxy) is 2. The van der Waals surface area contributed by atoms with Crippen molar-refractivity contribution in [3.8, 4) is 34.1 Å². The van der Waals surface area contributed by atoms with Gasteiger partial charge < -0.3 is 14.5 Å². The minimum Gasteiger partial charge on any atom is -0.496 e. The average molecular weight is 438 g/mol. The fraction of sp³-hybridized carbons (Fsp3) is 0.160. The summed E-state index contributed by atoms with van der Waals surface area (Å²) in [6.07, 6.45) is -2.68. The lowest BCUT2D eigenvalue weighted by atomic mass is 10.1. The number of hydrogen-bond donors (Lipinski definition) is 1. The molecule has 4 aromatic rings. The molecule has 0 saturated carbocycles. The zero-order valence-electron chi connectivity index (χ0n) is 17.5. The Hall–Kier alpha value is -3.74. The molecule has 0 atom stereocenters. The molecule has 164 valence electrons. The van der Waals surface area contributed by atoms with Gasteiger partial charge in [-0.15, -0.1) is 0 Å². The molecule has 7 heteroatoms. The number of imidazole rings is 1. The van der Waals surface area contributed by atoms with E-state index in [4.69, 9.17) is 9.47 Å². The number of nitrogens with one attached hydrogen (secondary N) is 1. The van der Waals surface area contributed by atoms with Crippen molar-refractivity contribution in [3.05, 3.63) is 89.6 Å². The molecule has 0 aliphatic rings. The van der Waals surface area contributed by atoms with Crippen LogP contribution in [0.1, 0.15) is 16.7 Å². The second kappa shape index (κ2) is 8.78. The van der Waals surface area contributed by atoms with Crippen LogP contribution in [0.2, 0.25) is 0 Å². The van der Waals surface area contributed by atoms with Crippen molar-refractivity contribution in [2.75, 3.05) is 7.11 Å². The smallest absolute Gasteiger partial charge is 0.416 e. The molecule has 4 nitrogen and oxygen atoms in total. The normalized spacial score (nSPS) is 11.4. The van der Waals surface area contributed by atoms with Crippen LogP contribution < -0.4 is 9.47 Å². The van der Waals surface area contributed by atoms with Gasteiger partial charge in [0.1, 0.15) is 23.9 Å². The molecule has 4 rings (SSSR count). The highest BCUT2D eigenvalue weighted by Gasteiger charge is 2.30. The van der Waals surface area contributed by atoms with E-state index in [2.05, 4.69) is 9.97 Å². The van der Waals surface area contributed by atoms with Crippen LogP contribution in [0, 0.1) is 6.92 Å². The lowest BCUT2D eigenvalue weighted by Crippen LogP contribution is -2.04. The molecule has 0 fully saturated rings. The number of aromatic nitrogens is 2. The number of benzene rings is 3. The lowest BCUT2D eigenvalue weighted by Gasteiger charge is -2.11. The summed E-state index contributed by atoms with van der Waals surface area (Å²) < 4.78 is 49.7. The van der Waals surface area contributed by atoms with E-state index in [1.54, 1.807) is 19.4 Å². The molecule has 1 heterocycles. The number of aryl methyl sites for hydroxylation is 1. The Labute approximate surface area is 183 Å². The Kier molecular flexibility index (Phi) is 5.90. The van der Waals surface area contributed by atoms with E-state index in [0.717, 1.165) is 23.3 Å². The Morgan fingerprint density at radius 1 is 0.938 bits per heavy atom. The highest BCUT2D eigenvalue weighted by atomic mass is 19.4. The maximum absolute atomic E-state index is 12.8. The summed E-state index contributed by atoms with van der Waals surface area (Å²) in [6, 6.07) is 18.4. The molecule has 3 aromatic carbocycles. The van der Waals surface area contributed by atoms with Crippen molar-refractivity contribution in [2.24, 2.45) is 0 Å². The van der Waals surface area contributed by atoms with E-state index in [9.17, 15) is 13.2 Å². The van der Waals surface area contributed by atoms with Gasteiger partial charge in [0.15, 0.2) is 0 Å². The Bertz CT molecular complexity index is 1200. The third-order valence-electron chi connectivity index (χ3n) is 5.04. The zero-order valence-corrected chi connectivity index (χ0v) is 17.5. The maximum atomic E-state index is 12.8. The van der Waals surface area contributed by atoms with E-state index in [1.807, 2.05) is 43.3 Å². The fourth-order valence-electron chi connectivity index (χ4n) is 3.25. The Morgan fingerprint density at radius 2 is 1.66 bits per heavy atom. The van der Waals surface area contributed by atoms with Gasteiger partial charge in [-0.05, 0) is 36.8 Å². The van der Waals surface area contributed by atoms with Crippen LogP contribution >= 0.6 is 0 Å². The monoisotopic (exact) mass is 438 g/mol. The van der Waals surface area contributed by atoms with E-state index in [-0.39, 0.29) is 0 Å². The maximum Gasteiger partial charge on any atom is 0.416 e. The number of hydrogen-bond acceptors (Lipinski definition) is 3. The number of aromatic amines is 1. The quantitative estimate of drug-likeness (QED) is 0.366. The summed E-state index contributed by atoms with van der Waals surface area (Å²) in [5.41, 5.74) is 3.46. The van der Waals surface area contributed by atoms with E-state index in [0.29, 0.717) is 35.2 Å². The molecule has 32 heavy (non-hydrogen) atoms. The Morgan fingerprint density at radius 3 is 2.31 bits per heavy atom. The summed E-state index contributed by atoms with van der Waals surface area (Å²) in [5, 5.41) is 0. The third kappa shape index (κ3) is 4.77. The molecule has 1 aromatic heterocycles. The third-order valence-corrected chi connectivity index (χ3v) is 5.04. The summed E-state index contributed by atoms with van der Waals surface area (Å²) in [5.74, 6) is 1.71. The van der Waals surface area contributed by atoms with E-state index in [1.165, 1.54) is 17.7 Å². The number of alkyl halides is 3.